The number of hydroxylamine groups is 1. The number of carbonyl (C=O) groups is 1. The van der Waals surface area contributed by atoms with Crippen LogP contribution in [0, 0.1) is 26.5 Å². The highest BCUT2D eigenvalue weighted by molar-refractivity contribution is 14.1. The Morgan fingerprint density at radius 1 is 1.27 bits per heavy atom. The monoisotopic (exact) mass is 519 g/mol. The molecule has 30 heavy (non-hydrogen) atoms. The predicted molar refractivity (Wildman–Crippen MR) is 120 cm³/mol. The Hall–Kier alpha value is -2.86. The van der Waals surface area contributed by atoms with Crippen LogP contribution in [0.25, 0.3) is 11.0 Å². The number of non-ortho nitro benzene ring substituents is 1. The van der Waals surface area contributed by atoms with Crippen LogP contribution >= 0.6 is 22.6 Å². The van der Waals surface area contributed by atoms with Gasteiger partial charge in [-0.1, -0.05) is 0 Å². The summed E-state index contributed by atoms with van der Waals surface area (Å²) in [7, 11) is 0. The molecule has 0 saturated heterocycles. The fraction of sp³-hybridized carbons (Fsp3) is 0.250. The Morgan fingerprint density at radius 2 is 2.00 bits per heavy atom. The minimum atomic E-state index is -0.586. The summed E-state index contributed by atoms with van der Waals surface area (Å²) in [6.07, 6.45) is 4.97. The maximum Gasteiger partial charge on any atom is 0.298 e. The lowest BCUT2D eigenvalue weighted by Crippen LogP contribution is -2.26. The molecule has 9 nitrogen and oxygen atoms in total. The zero-order chi connectivity index (χ0) is 21.3. The molecule has 0 spiro atoms. The highest BCUT2D eigenvalue weighted by Crippen LogP contribution is 2.35. The van der Waals surface area contributed by atoms with Gasteiger partial charge in [0.2, 0.25) is 0 Å². The van der Waals surface area contributed by atoms with Crippen LogP contribution in [-0.2, 0) is 4.84 Å². The Labute approximate surface area is 185 Å². The van der Waals surface area contributed by atoms with Gasteiger partial charge in [-0.2, -0.15) is 0 Å². The molecule has 10 heteroatoms. The molecule has 1 aliphatic rings. The number of fused-ring (bicyclic) bond motifs is 1. The number of halogens is 1. The first-order chi connectivity index (χ1) is 14.4. The second-order valence-electron chi connectivity index (χ2n) is 7.10. The molecule has 0 unspecified atom stereocenters. The number of nitrogens with one attached hydrogen (secondary N) is 2. The molecule has 1 saturated carbocycles. The van der Waals surface area contributed by atoms with Crippen molar-refractivity contribution in [1.82, 2.24) is 15.4 Å². The Bertz CT molecular complexity index is 1150. The zero-order valence-electron chi connectivity index (χ0n) is 16.0. The maximum absolute atomic E-state index is 12.9. The van der Waals surface area contributed by atoms with Crippen molar-refractivity contribution in [2.45, 2.75) is 19.8 Å². The molecule has 0 atom stereocenters. The molecule has 1 aliphatic carbocycles. The minimum absolute atomic E-state index is 0.0587. The van der Waals surface area contributed by atoms with Crippen LogP contribution in [-0.4, -0.2) is 27.4 Å². The van der Waals surface area contributed by atoms with Gasteiger partial charge in [-0.3, -0.25) is 24.7 Å². The fourth-order valence-electron chi connectivity index (χ4n) is 3.02. The fourth-order valence-corrected chi connectivity index (χ4v) is 3.67. The average molecular weight is 519 g/mol. The molecular formula is C20H18IN5O4. The molecule has 3 aromatic rings. The third-order valence-electron chi connectivity index (χ3n) is 4.80. The van der Waals surface area contributed by atoms with Crippen LogP contribution in [0.3, 0.4) is 0 Å². The smallest absolute Gasteiger partial charge is 0.298 e. The summed E-state index contributed by atoms with van der Waals surface area (Å²) in [4.78, 5) is 37.6. The van der Waals surface area contributed by atoms with Crippen LogP contribution in [0.15, 0.2) is 36.7 Å². The Kier molecular flexibility index (Phi) is 5.77. The van der Waals surface area contributed by atoms with Crippen LogP contribution < -0.4 is 10.8 Å². The number of carbonyl (C=O) groups excluding carboxylic acids is 1. The first-order valence-electron chi connectivity index (χ1n) is 9.31. The summed E-state index contributed by atoms with van der Waals surface area (Å²) >= 11 is 2.22. The topological polar surface area (TPSA) is 119 Å². The number of hydrogen-bond acceptors (Lipinski definition) is 7. The molecule has 1 amide bonds. The van der Waals surface area contributed by atoms with E-state index in [-0.39, 0.29) is 22.3 Å². The lowest BCUT2D eigenvalue weighted by atomic mass is 10.1. The predicted octanol–water partition coefficient (Wildman–Crippen LogP) is 4.27. The number of anilines is 2. The van der Waals surface area contributed by atoms with Gasteiger partial charge in [-0.25, -0.2) is 10.5 Å². The highest BCUT2D eigenvalue weighted by Gasteiger charge is 2.26. The summed E-state index contributed by atoms with van der Waals surface area (Å²) in [6, 6.07) is 7.00. The second-order valence-corrected chi connectivity index (χ2v) is 8.34. The van der Waals surface area contributed by atoms with E-state index in [0.29, 0.717) is 18.2 Å². The SMILES string of the molecule is Cc1cc(I)ccc1Nc1c(C(=O)NOCC2CC2)cc([N+](=O)[O-])c2nccnc12. The summed E-state index contributed by atoms with van der Waals surface area (Å²) in [5.41, 5.74) is 4.54. The number of rotatable bonds is 7. The van der Waals surface area contributed by atoms with Crippen LogP contribution in [0.5, 0.6) is 0 Å². The number of nitro benzene ring substituents is 1. The van der Waals surface area contributed by atoms with E-state index >= 15 is 0 Å². The van der Waals surface area contributed by atoms with Crippen LogP contribution in [0.2, 0.25) is 0 Å². The van der Waals surface area contributed by atoms with E-state index in [1.54, 1.807) is 0 Å². The third-order valence-corrected chi connectivity index (χ3v) is 5.47. The lowest BCUT2D eigenvalue weighted by Gasteiger charge is -2.16. The molecule has 0 bridgehead atoms. The second kappa shape index (κ2) is 8.48. The van der Waals surface area contributed by atoms with Crippen molar-refractivity contribution < 1.29 is 14.6 Å². The summed E-state index contributed by atoms with van der Waals surface area (Å²) in [5.74, 6) is -0.133. The number of amides is 1. The van der Waals surface area contributed by atoms with Gasteiger partial charge >= 0.3 is 0 Å². The van der Waals surface area contributed by atoms with Gasteiger partial charge in [0.1, 0.15) is 5.52 Å². The molecule has 154 valence electrons. The van der Waals surface area contributed by atoms with Crippen molar-refractivity contribution in [2.75, 3.05) is 11.9 Å². The van der Waals surface area contributed by atoms with E-state index in [9.17, 15) is 14.9 Å². The molecule has 1 heterocycles. The largest absolute Gasteiger partial charge is 0.353 e. The average Bonchev–Trinajstić information content (AvgIpc) is 3.54. The van der Waals surface area contributed by atoms with Crippen molar-refractivity contribution >= 4 is 56.6 Å². The molecule has 1 aromatic heterocycles. The molecule has 0 aliphatic heterocycles. The summed E-state index contributed by atoms with van der Waals surface area (Å²) in [5, 5.41) is 14.8. The van der Waals surface area contributed by atoms with Crippen molar-refractivity contribution in [1.29, 1.82) is 0 Å². The number of aromatic nitrogens is 2. The number of nitrogens with zero attached hydrogens (tertiary/aromatic N) is 3. The molecule has 2 aromatic carbocycles. The van der Waals surface area contributed by atoms with Gasteiger partial charge < -0.3 is 5.32 Å². The Morgan fingerprint density at radius 3 is 2.67 bits per heavy atom. The van der Waals surface area contributed by atoms with Crippen molar-refractivity contribution in [3.05, 3.63) is 61.5 Å². The third kappa shape index (κ3) is 4.33. The number of benzene rings is 2. The first kappa shape index (κ1) is 20.4. The van der Waals surface area contributed by atoms with Crippen LogP contribution in [0.4, 0.5) is 17.1 Å². The van der Waals surface area contributed by atoms with E-state index in [1.807, 2.05) is 25.1 Å². The van der Waals surface area contributed by atoms with E-state index in [0.717, 1.165) is 27.7 Å². The number of aryl methyl sites for hydroxylation is 1. The van der Waals surface area contributed by atoms with E-state index in [2.05, 4.69) is 43.4 Å². The molecular weight excluding hydrogens is 501 g/mol. The van der Waals surface area contributed by atoms with E-state index < -0.39 is 10.8 Å². The quantitative estimate of drug-likeness (QED) is 0.272. The minimum Gasteiger partial charge on any atom is -0.353 e. The summed E-state index contributed by atoms with van der Waals surface area (Å²) < 4.78 is 1.07. The lowest BCUT2D eigenvalue weighted by molar-refractivity contribution is -0.383. The van der Waals surface area contributed by atoms with Gasteiger partial charge in [0.05, 0.1) is 22.8 Å². The van der Waals surface area contributed by atoms with Gasteiger partial charge in [0.15, 0.2) is 5.52 Å². The van der Waals surface area contributed by atoms with Crippen molar-refractivity contribution in [2.24, 2.45) is 5.92 Å². The first-order valence-corrected chi connectivity index (χ1v) is 10.4. The van der Waals surface area contributed by atoms with Gasteiger partial charge in [-0.15, -0.1) is 0 Å². The Balaban J connectivity index is 1.80. The van der Waals surface area contributed by atoms with E-state index in [4.69, 9.17) is 4.84 Å². The van der Waals surface area contributed by atoms with Crippen molar-refractivity contribution in [3.8, 4) is 0 Å². The molecule has 0 radical (unpaired) electrons. The van der Waals surface area contributed by atoms with Gasteiger partial charge in [0.25, 0.3) is 11.6 Å². The molecule has 2 N–H and O–H groups in total. The number of nitro groups is 1. The highest BCUT2D eigenvalue weighted by atomic mass is 127. The molecule has 1 fully saturated rings. The normalized spacial score (nSPS) is 13.3. The molecule has 4 rings (SSSR count). The zero-order valence-corrected chi connectivity index (χ0v) is 18.2. The number of hydrogen-bond donors (Lipinski definition) is 2. The van der Waals surface area contributed by atoms with Gasteiger partial charge in [0, 0.05) is 27.7 Å². The van der Waals surface area contributed by atoms with Crippen LogP contribution in [0.1, 0.15) is 28.8 Å². The summed E-state index contributed by atoms with van der Waals surface area (Å²) in [6.45, 7) is 2.35. The van der Waals surface area contributed by atoms with Gasteiger partial charge in [-0.05, 0) is 72.0 Å². The van der Waals surface area contributed by atoms with E-state index in [1.165, 1.54) is 18.5 Å². The van der Waals surface area contributed by atoms with Crippen molar-refractivity contribution in [3.63, 3.8) is 0 Å². The maximum atomic E-state index is 12.9. The standard InChI is InChI=1S/C20H18IN5O4/c1-11-8-13(21)4-5-15(11)24-17-14(20(27)25-30-10-12-2-3-12)9-16(26(28)29)18-19(17)23-7-6-22-18/h4-9,12,24H,2-3,10H2,1H3,(H,25,27).